The average Bonchev–Trinajstić information content (AvgIpc) is 2.84. The van der Waals surface area contributed by atoms with Gasteiger partial charge in [-0.05, 0) is 39.7 Å². The first-order chi connectivity index (χ1) is 10.3. The first-order valence-corrected chi connectivity index (χ1v) is 7.69. The highest BCUT2D eigenvalue weighted by Gasteiger charge is 2.30. The van der Waals surface area contributed by atoms with Crippen molar-refractivity contribution in [1.82, 2.24) is 5.43 Å². The minimum absolute atomic E-state index is 0.171. The molecule has 0 saturated heterocycles. The molecule has 1 aromatic heterocycles. The Hall–Kier alpha value is -1.67. The molecule has 0 aliphatic rings. The molecular weight excluding hydrogens is 381 g/mol. The number of hydrazone groups is 1. The first kappa shape index (κ1) is 16.7. The molecule has 2 rings (SSSR count). The average molecular weight is 391 g/mol. The molecule has 116 valence electrons. The van der Waals surface area contributed by atoms with E-state index in [2.05, 4.69) is 26.5 Å². The number of amides is 1. The lowest BCUT2D eigenvalue weighted by Crippen LogP contribution is -2.20. The standard InChI is InChI=1S/C14H10BrF3N2OS/c15-12-5-4-11(22-12)8-19-20-13(21)7-9-2-1-3-10(6-9)14(16,17)18/h1-6,8H,7H2,(H,20,21)/b19-8-. The van der Waals surface area contributed by atoms with Gasteiger partial charge in [0.15, 0.2) is 0 Å². The Labute approximate surface area is 137 Å². The van der Waals surface area contributed by atoms with Crippen molar-refractivity contribution in [3.05, 3.63) is 56.2 Å². The second kappa shape index (κ2) is 7.06. The number of rotatable bonds is 4. The summed E-state index contributed by atoms with van der Waals surface area (Å²) in [7, 11) is 0. The van der Waals surface area contributed by atoms with Crippen LogP contribution in [0.1, 0.15) is 16.0 Å². The number of hydrogen-bond acceptors (Lipinski definition) is 3. The number of benzene rings is 1. The van der Waals surface area contributed by atoms with Crippen molar-refractivity contribution in [3.8, 4) is 0 Å². The fourth-order valence-corrected chi connectivity index (χ4v) is 2.94. The Bertz CT molecular complexity index is 697. The summed E-state index contributed by atoms with van der Waals surface area (Å²) in [5.41, 5.74) is 1.79. The zero-order valence-corrected chi connectivity index (χ0v) is 13.4. The molecule has 0 radical (unpaired) electrons. The Morgan fingerprint density at radius 3 is 2.73 bits per heavy atom. The summed E-state index contributed by atoms with van der Waals surface area (Å²) < 4.78 is 38.6. The number of hydrogen-bond donors (Lipinski definition) is 1. The van der Waals surface area contributed by atoms with Crippen molar-refractivity contribution in [2.75, 3.05) is 0 Å². The second-order valence-electron chi connectivity index (χ2n) is 4.31. The van der Waals surface area contributed by atoms with Crippen molar-refractivity contribution in [3.63, 3.8) is 0 Å². The normalized spacial score (nSPS) is 11.8. The number of nitrogens with one attached hydrogen (secondary N) is 1. The zero-order valence-electron chi connectivity index (χ0n) is 11.0. The predicted octanol–water partition coefficient (Wildman–Crippen LogP) is 4.22. The molecule has 0 bridgehead atoms. The highest BCUT2D eigenvalue weighted by molar-refractivity contribution is 9.11. The van der Waals surface area contributed by atoms with E-state index >= 15 is 0 Å². The maximum absolute atomic E-state index is 12.6. The molecular formula is C14H10BrF3N2OS. The summed E-state index contributed by atoms with van der Waals surface area (Å²) in [4.78, 5) is 12.5. The van der Waals surface area contributed by atoms with E-state index < -0.39 is 17.6 Å². The number of nitrogens with zero attached hydrogens (tertiary/aromatic N) is 1. The van der Waals surface area contributed by atoms with E-state index in [4.69, 9.17) is 0 Å². The second-order valence-corrected chi connectivity index (χ2v) is 6.80. The van der Waals surface area contributed by atoms with E-state index in [1.807, 2.05) is 12.1 Å². The van der Waals surface area contributed by atoms with Crippen LogP contribution in [-0.2, 0) is 17.4 Å². The quantitative estimate of drug-likeness (QED) is 0.616. The Morgan fingerprint density at radius 1 is 1.32 bits per heavy atom. The minimum Gasteiger partial charge on any atom is -0.273 e. The van der Waals surface area contributed by atoms with Gasteiger partial charge in [0.2, 0.25) is 5.91 Å². The molecule has 3 nitrogen and oxygen atoms in total. The smallest absolute Gasteiger partial charge is 0.273 e. The van der Waals surface area contributed by atoms with Gasteiger partial charge in [-0.1, -0.05) is 18.2 Å². The topological polar surface area (TPSA) is 41.5 Å². The third kappa shape index (κ3) is 4.96. The van der Waals surface area contributed by atoms with Crippen LogP contribution in [0.15, 0.2) is 45.3 Å². The van der Waals surface area contributed by atoms with Crippen molar-refractivity contribution >= 4 is 39.4 Å². The molecule has 0 unspecified atom stereocenters. The molecule has 0 aliphatic carbocycles. The van der Waals surface area contributed by atoms with Gasteiger partial charge in [0, 0.05) is 4.88 Å². The van der Waals surface area contributed by atoms with E-state index in [0.717, 1.165) is 20.8 Å². The van der Waals surface area contributed by atoms with E-state index in [1.54, 1.807) is 0 Å². The van der Waals surface area contributed by atoms with Crippen LogP contribution in [0.5, 0.6) is 0 Å². The van der Waals surface area contributed by atoms with Crippen LogP contribution < -0.4 is 5.43 Å². The number of thiophene rings is 1. The minimum atomic E-state index is -4.42. The number of carbonyl (C=O) groups excluding carboxylic acids is 1. The van der Waals surface area contributed by atoms with E-state index in [1.165, 1.54) is 29.7 Å². The molecule has 0 atom stereocenters. The maximum atomic E-state index is 12.6. The van der Waals surface area contributed by atoms with E-state index in [9.17, 15) is 18.0 Å². The molecule has 1 N–H and O–H groups in total. The summed E-state index contributed by atoms with van der Waals surface area (Å²) in [5, 5.41) is 3.77. The predicted molar refractivity (Wildman–Crippen MR) is 82.9 cm³/mol. The monoisotopic (exact) mass is 390 g/mol. The van der Waals surface area contributed by atoms with Gasteiger partial charge in [-0.15, -0.1) is 11.3 Å². The van der Waals surface area contributed by atoms with Crippen molar-refractivity contribution in [2.45, 2.75) is 12.6 Å². The van der Waals surface area contributed by atoms with E-state index in [0.29, 0.717) is 0 Å². The summed E-state index contributed by atoms with van der Waals surface area (Å²) in [6.45, 7) is 0. The lowest BCUT2D eigenvalue weighted by atomic mass is 10.1. The SMILES string of the molecule is O=C(Cc1cccc(C(F)(F)F)c1)N/N=C\c1ccc(Br)s1. The number of alkyl halides is 3. The zero-order chi connectivity index (χ0) is 16.2. The van der Waals surface area contributed by atoms with Gasteiger partial charge in [0.25, 0.3) is 0 Å². The lowest BCUT2D eigenvalue weighted by Gasteiger charge is -2.08. The van der Waals surface area contributed by atoms with Crippen LogP contribution in [0, 0.1) is 0 Å². The molecule has 2 aromatic rings. The first-order valence-electron chi connectivity index (χ1n) is 6.08. The van der Waals surface area contributed by atoms with Gasteiger partial charge in [0.05, 0.1) is 22.0 Å². The van der Waals surface area contributed by atoms with Crippen molar-refractivity contribution in [2.24, 2.45) is 5.10 Å². The van der Waals surface area contributed by atoms with Gasteiger partial charge in [-0.2, -0.15) is 18.3 Å². The molecule has 0 aliphatic heterocycles. The summed E-state index contributed by atoms with van der Waals surface area (Å²) in [5.74, 6) is -0.480. The van der Waals surface area contributed by atoms with Gasteiger partial charge in [-0.3, -0.25) is 4.79 Å². The highest BCUT2D eigenvalue weighted by Crippen LogP contribution is 2.29. The molecule has 0 saturated carbocycles. The van der Waals surface area contributed by atoms with Crippen LogP contribution in [0.25, 0.3) is 0 Å². The molecule has 1 amide bonds. The van der Waals surface area contributed by atoms with Gasteiger partial charge < -0.3 is 0 Å². The van der Waals surface area contributed by atoms with Crippen molar-refractivity contribution in [1.29, 1.82) is 0 Å². The van der Waals surface area contributed by atoms with Crippen LogP contribution in [-0.4, -0.2) is 12.1 Å². The Balaban J connectivity index is 1.93. The van der Waals surface area contributed by atoms with Crippen LogP contribution in [0.2, 0.25) is 0 Å². The number of carbonyl (C=O) groups is 1. The lowest BCUT2D eigenvalue weighted by molar-refractivity contribution is -0.137. The Morgan fingerprint density at radius 2 is 2.09 bits per heavy atom. The van der Waals surface area contributed by atoms with E-state index in [-0.39, 0.29) is 12.0 Å². The molecule has 0 spiro atoms. The summed E-state index contributed by atoms with van der Waals surface area (Å²) in [6, 6.07) is 8.33. The fourth-order valence-electron chi connectivity index (χ4n) is 1.65. The molecule has 0 fully saturated rings. The maximum Gasteiger partial charge on any atom is 0.416 e. The van der Waals surface area contributed by atoms with Gasteiger partial charge in [-0.25, -0.2) is 5.43 Å². The van der Waals surface area contributed by atoms with Gasteiger partial charge >= 0.3 is 6.18 Å². The third-order valence-electron chi connectivity index (χ3n) is 2.59. The molecule has 1 heterocycles. The fraction of sp³-hybridized carbons (Fsp3) is 0.143. The summed E-state index contributed by atoms with van der Waals surface area (Å²) >= 11 is 4.74. The van der Waals surface area contributed by atoms with Gasteiger partial charge in [0.1, 0.15) is 0 Å². The summed E-state index contributed by atoms with van der Waals surface area (Å²) in [6.07, 6.45) is -3.12. The highest BCUT2D eigenvalue weighted by atomic mass is 79.9. The van der Waals surface area contributed by atoms with Crippen LogP contribution >= 0.6 is 27.3 Å². The largest absolute Gasteiger partial charge is 0.416 e. The van der Waals surface area contributed by atoms with Crippen LogP contribution in [0.3, 0.4) is 0 Å². The van der Waals surface area contributed by atoms with Crippen molar-refractivity contribution < 1.29 is 18.0 Å². The Kier molecular flexibility index (Phi) is 5.36. The third-order valence-corrected chi connectivity index (χ3v) is 4.15. The van der Waals surface area contributed by atoms with Crippen LogP contribution in [0.4, 0.5) is 13.2 Å². The number of halogens is 4. The molecule has 22 heavy (non-hydrogen) atoms. The molecule has 8 heteroatoms. The molecule has 1 aromatic carbocycles.